The third kappa shape index (κ3) is 5.13. The Balaban J connectivity index is 1.25. The molecule has 11 rings (SSSR count). The summed E-state index contributed by atoms with van der Waals surface area (Å²) in [6.07, 6.45) is 0. The molecule has 0 saturated carbocycles. The second-order valence-electron chi connectivity index (χ2n) is 14.1. The van der Waals surface area contributed by atoms with E-state index in [0.717, 1.165) is 88.4 Å². The average molecular weight is 704 g/mol. The van der Waals surface area contributed by atoms with Crippen LogP contribution < -0.4 is 4.90 Å². The molecule has 0 radical (unpaired) electrons. The average Bonchev–Trinajstić information content (AvgIpc) is 3.84. The molecule has 0 atom stereocenters. The summed E-state index contributed by atoms with van der Waals surface area (Å²) in [4.78, 5) is 2.32. The molecule has 9 aromatic carbocycles. The normalized spacial score (nSPS) is 11.6. The van der Waals surface area contributed by atoms with Crippen LogP contribution in [0.3, 0.4) is 0 Å². The van der Waals surface area contributed by atoms with E-state index in [0.29, 0.717) is 0 Å². The van der Waals surface area contributed by atoms with E-state index in [2.05, 4.69) is 193 Å². The lowest BCUT2D eigenvalue weighted by molar-refractivity contribution is 0.667. The minimum atomic E-state index is 0.810. The van der Waals surface area contributed by atoms with Gasteiger partial charge in [-0.2, -0.15) is 0 Å². The van der Waals surface area contributed by atoms with Crippen molar-refractivity contribution in [3.63, 3.8) is 0 Å². The van der Waals surface area contributed by atoms with Crippen molar-refractivity contribution in [2.45, 2.75) is 0 Å². The van der Waals surface area contributed by atoms with Gasteiger partial charge in [0, 0.05) is 32.6 Å². The van der Waals surface area contributed by atoms with Crippen molar-refractivity contribution in [2.24, 2.45) is 0 Å². The topological polar surface area (TPSA) is 29.5 Å². The fraction of sp³-hybridized carbons (Fsp3) is 0. The molecule has 0 bridgehead atoms. The van der Waals surface area contributed by atoms with Crippen molar-refractivity contribution >= 4 is 71.7 Å². The zero-order valence-corrected chi connectivity index (χ0v) is 29.8. The molecule has 0 spiro atoms. The van der Waals surface area contributed by atoms with Gasteiger partial charge in [-0.1, -0.05) is 158 Å². The summed E-state index contributed by atoms with van der Waals surface area (Å²) < 4.78 is 13.9. The van der Waals surface area contributed by atoms with E-state index in [9.17, 15) is 0 Å². The molecule has 0 saturated heterocycles. The van der Waals surface area contributed by atoms with Crippen molar-refractivity contribution in [1.29, 1.82) is 0 Å². The minimum Gasteiger partial charge on any atom is -0.454 e. The summed E-state index contributed by atoms with van der Waals surface area (Å²) in [7, 11) is 0. The van der Waals surface area contributed by atoms with E-state index in [1.165, 1.54) is 16.7 Å². The van der Waals surface area contributed by atoms with E-state index in [1.807, 2.05) is 12.1 Å². The van der Waals surface area contributed by atoms with Crippen molar-refractivity contribution < 1.29 is 8.83 Å². The summed E-state index contributed by atoms with van der Waals surface area (Å²) >= 11 is 0. The Bertz CT molecular complexity index is 3180. The molecule has 0 aliphatic rings. The first-order valence-electron chi connectivity index (χ1n) is 18.7. The van der Waals surface area contributed by atoms with E-state index in [1.54, 1.807) is 0 Å². The van der Waals surface area contributed by atoms with Crippen molar-refractivity contribution in [1.82, 2.24) is 0 Å². The lowest BCUT2D eigenvalue weighted by atomic mass is 9.94. The van der Waals surface area contributed by atoms with Gasteiger partial charge in [-0.25, -0.2) is 0 Å². The highest BCUT2D eigenvalue weighted by atomic mass is 16.3. The third-order valence-corrected chi connectivity index (χ3v) is 10.8. The zero-order chi connectivity index (χ0) is 36.3. The van der Waals surface area contributed by atoms with Crippen LogP contribution in [-0.2, 0) is 0 Å². The predicted octanol–water partition coefficient (Wildman–Crippen LogP) is 15.1. The number of furan rings is 2. The van der Waals surface area contributed by atoms with Crippen LogP contribution in [0.2, 0.25) is 0 Å². The van der Waals surface area contributed by atoms with Gasteiger partial charge in [0.05, 0.1) is 11.4 Å². The van der Waals surface area contributed by atoms with Crippen LogP contribution in [-0.4, -0.2) is 0 Å². The Morgan fingerprint density at radius 2 is 0.818 bits per heavy atom. The molecule has 3 heteroatoms. The number of para-hydroxylation sites is 2. The van der Waals surface area contributed by atoms with Crippen LogP contribution in [0, 0.1) is 0 Å². The first kappa shape index (κ1) is 31.2. The molecule has 0 unspecified atom stereocenters. The minimum absolute atomic E-state index is 0.810. The zero-order valence-electron chi connectivity index (χ0n) is 29.8. The van der Waals surface area contributed by atoms with Gasteiger partial charge in [-0.3, -0.25) is 0 Å². The Morgan fingerprint density at radius 3 is 1.55 bits per heavy atom. The van der Waals surface area contributed by atoms with Gasteiger partial charge in [-0.15, -0.1) is 0 Å². The fourth-order valence-corrected chi connectivity index (χ4v) is 8.25. The Kier molecular flexibility index (Phi) is 7.17. The first-order chi connectivity index (χ1) is 27.3. The summed E-state index contributed by atoms with van der Waals surface area (Å²) in [6, 6.07) is 70.8. The molecule has 2 aromatic heterocycles. The second kappa shape index (κ2) is 12.6. The van der Waals surface area contributed by atoms with E-state index >= 15 is 0 Å². The fourth-order valence-electron chi connectivity index (χ4n) is 8.25. The largest absolute Gasteiger partial charge is 0.454 e. The molecule has 11 aromatic rings. The smallest absolute Gasteiger partial charge is 0.159 e. The number of hydrogen-bond donors (Lipinski definition) is 0. The Morgan fingerprint density at radius 1 is 0.291 bits per heavy atom. The van der Waals surface area contributed by atoms with E-state index in [4.69, 9.17) is 8.83 Å². The summed E-state index contributed by atoms with van der Waals surface area (Å²) in [5.41, 5.74) is 13.1. The van der Waals surface area contributed by atoms with Gasteiger partial charge in [-0.05, 0) is 81.2 Å². The van der Waals surface area contributed by atoms with Gasteiger partial charge < -0.3 is 13.7 Å². The standard InChI is InChI=1S/C52H33NO2/c1-4-15-34(16-5-1)36-27-29-39(30-28-36)53(47-25-14-24-43-41-22-12-13-26-49(41)54-51(43)47)48-32-38(35-17-6-2-7-18-35)31-45-46-33-44(37-19-8-3-9-20-37)40-21-10-11-23-42(40)50(46)55-52(45)48/h1-33H. The molecule has 0 fully saturated rings. The SMILES string of the molecule is c1ccc(-c2ccc(N(c3cccc4c3oc3ccccc34)c3cc(-c4ccccc4)cc4c3oc3c5ccccc5c(-c5ccccc5)cc43)cc2)cc1. The maximum absolute atomic E-state index is 7.19. The predicted molar refractivity (Wildman–Crippen MR) is 229 cm³/mol. The molecule has 2 heterocycles. The Hall–Kier alpha value is -7.36. The molecule has 0 N–H and O–H groups in total. The molecule has 3 nitrogen and oxygen atoms in total. The van der Waals surface area contributed by atoms with E-state index < -0.39 is 0 Å². The van der Waals surface area contributed by atoms with Gasteiger partial charge in [0.15, 0.2) is 11.2 Å². The van der Waals surface area contributed by atoms with Crippen molar-refractivity contribution in [3.05, 3.63) is 200 Å². The van der Waals surface area contributed by atoms with Crippen LogP contribution in [0.1, 0.15) is 0 Å². The molecular formula is C52H33NO2. The van der Waals surface area contributed by atoms with Gasteiger partial charge in [0.25, 0.3) is 0 Å². The van der Waals surface area contributed by atoms with Gasteiger partial charge in [0.1, 0.15) is 11.2 Å². The maximum Gasteiger partial charge on any atom is 0.159 e. The number of anilines is 3. The number of benzene rings is 9. The summed E-state index contributed by atoms with van der Waals surface area (Å²) in [5, 5.41) is 6.53. The Labute approximate surface area is 317 Å². The van der Waals surface area contributed by atoms with Crippen molar-refractivity contribution in [3.8, 4) is 33.4 Å². The summed E-state index contributed by atoms with van der Waals surface area (Å²) in [6.45, 7) is 0. The third-order valence-electron chi connectivity index (χ3n) is 10.8. The highest BCUT2D eigenvalue weighted by Crippen LogP contribution is 2.49. The van der Waals surface area contributed by atoms with Gasteiger partial charge in [0.2, 0.25) is 0 Å². The second-order valence-corrected chi connectivity index (χ2v) is 14.1. The molecular weight excluding hydrogens is 671 g/mol. The highest BCUT2D eigenvalue weighted by Gasteiger charge is 2.25. The number of hydrogen-bond acceptors (Lipinski definition) is 3. The molecule has 0 aliphatic carbocycles. The monoisotopic (exact) mass is 703 g/mol. The van der Waals surface area contributed by atoms with Gasteiger partial charge >= 0.3 is 0 Å². The summed E-state index contributed by atoms with van der Waals surface area (Å²) in [5.74, 6) is 0. The quantitative estimate of drug-likeness (QED) is 0.173. The van der Waals surface area contributed by atoms with Crippen LogP contribution >= 0.6 is 0 Å². The number of nitrogens with zero attached hydrogens (tertiary/aromatic N) is 1. The lowest BCUT2D eigenvalue weighted by Gasteiger charge is -2.26. The maximum atomic E-state index is 7.19. The first-order valence-corrected chi connectivity index (χ1v) is 18.7. The van der Waals surface area contributed by atoms with Crippen LogP contribution in [0.5, 0.6) is 0 Å². The van der Waals surface area contributed by atoms with Crippen LogP contribution in [0.15, 0.2) is 209 Å². The van der Waals surface area contributed by atoms with E-state index in [-0.39, 0.29) is 0 Å². The molecule has 0 amide bonds. The number of fused-ring (bicyclic) bond motifs is 8. The molecule has 55 heavy (non-hydrogen) atoms. The van der Waals surface area contributed by atoms with Crippen molar-refractivity contribution in [2.75, 3.05) is 4.90 Å². The number of rotatable bonds is 6. The molecule has 0 aliphatic heterocycles. The lowest BCUT2D eigenvalue weighted by Crippen LogP contribution is -2.11. The highest BCUT2D eigenvalue weighted by molar-refractivity contribution is 6.22. The molecule has 258 valence electrons. The van der Waals surface area contributed by atoms with Crippen LogP contribution in [0.25, 0.3) is 88.0 Å². The van der Waals surface area contributed by atoms with Crippen LogP contribution in [0.4, 0.5) is 17.1 Å².